The van der Waals surface area contributed by atoms with E-state index in [4.69, 9.17) is 5.73 Å². The van der Waals surface area contributed by atoms with Gasteiger partial charge in [-0.05, 0) is 54.8 Å². The minimum absolute atomic E-state index is 0.688. The SMILES string of the molecule is C=C(Nc1ccccc1N)c1ccc(Nc2ncc(/C(=C/C)N3C=C(CC)C=CC3=C)s2)cc1. The van der Waals surface area contributed by atoms with Crippen LogP contribution >= 0.6 is 11.3 Å². The van der Waals surface area contributed by atoms with Crippen molar-refractivity contribution in [2.45, 2.75) is 20.3 Å². The Morgan fingerprint density at radius 2 is 1.91 bits per heavy atom. The smallest absolute Gasteiger partial charge is 0.187 e. The van der Waals surface area contributed by atoms with Crippen molar-refractivity contribution >= 4 is 44.9 Å². The third kappa shape index (κ3) is 5.13. The highest BCUT2D eigenvalue weighted by atomic mass is 32.1. The van der Waals surface area contributed by atoms with Crippen LogP contribution in [0.5, 0.6) is 0 Å². The fourth-order valence-corrected chi connectivity index (χ4v) is 4.49. The molecule has 34 heavy (non-hydrogen) atoms. The highest BCUT2D eigenvalue weighted by molar-refractivity contribution is 7.16. The highest BCUT2D eigenvalue weighted by Gasteiger charge is 2.17. The van der Waals surface area contributed by atoms with Gasteiger partial charge in [-0.3, -0.25) is 0 Å². The van der Waals surface area contributed by atoms with E-state index >= 15 is 0 Å². The second-order valence-electron chi connectivity index (χ2n) is 7.85. The summed E-state index contributed by atoms with van der Waals surface area (Å²) in [6, 6.07) is 15.7. The first kappa shape index (κ1) is 23.1. The standard InChI is InChI=1S/C28H29N5S/c1-5-21-12-11-19(3)33(18-21)26(6-2)27-17-30-28(34-27)32-23-15-13-22(14-16-23)20(4)31-25-10-8-7-9-24(25)29/h6-18,31H,3-5,29H2,1-2H3,(H,30,32)/b26-6-. The zero-order valence-electron chi connectivity index (χ0n) is 19.5. The van der Waals surface area contributed by atoms with Crippen molar-refractivity contribution in [3.05, 3.63) is 114 Å². The third-order valence-electron chi connectivity index (χ3n) is 5.52. The first-order chi connectivity index (χ1) is 16.5. The zero-order chi connectivity index (χ0) is 24.1. The van der Waals surface area contributed by atoms with Gasteiger partial charge in [-0.15, -0.1) is 0 Å². The molecule has 1 aliphatic rings. The van der Waals surface area contributed by atoms with Crippen molar-refractivity contribution in [2.75, 3.05) is 16.4 Å². The van der Waals surface area contributed by atoms with Crippen molar-refractivity contribution < 1.29 is 0 Å². The number of nitrogens with zero attached hydrogens (tertiary/aromatic N) is 2. The number of aromatic nitrogens is 1. The van der Waals surface area contributed by atoms with Crippen molar-refractivity contribution in [2.24, 2.45) is 0 Å². The molecule has 0 radical (unpaired) electrons. The Morgan fingerprint density at radius 3 is 2.62 bits per heavy atom. The average molecular weight is 468 g/mol. The Morgan fingerprint density at radius 1 is 1.15 bits per heavy atom. The molecule has 2 aromatic carbocycles. The van der Waals surface area contributed by atoms with Gasteiger partial charge in [-0.1, -0.05) is 67.8 Å². The molecule has 172 valence electrons. The second-order valence-corrected chi connectivity index (χ2v) is 8.88. The molecule has 0 aliphatic carbocycles. The van der Waals surface area contributed by atoms with Gasteiger partial charge in [-0.2, -0.15) is 0 Å². The summed E-state index contributed by atoms with van der Waals surface area (Å²) >= 11 is 1.61. The second kappa shape index (κ2) is 10.3. The van der Waals surface area contributed by atoms with Crippen molar-refractivity contribution in [1.29, 1.82) is 0 Å². The van der Waals surface area contributed by atoms with Gasteiger partial charge < -0.3 is 21.3 Å². The van der Waals surface area contributed by atoms with Crippen molar-refractivity contribution in [1.82, 2.24) is 9.88 Å². The molecule has 0 saturated heterocycles. The van der Waals surface area contributed by atoms with E-state index in [1.54, 1.807) is 11.3 Å². The molecular formula is C28H29N5S. The molecule has 1 aliphatic heterocycles. The van der Waals surface area contributed by atoms with E-state index in [9.17, 15) is 0 Å². The maximum absolute atomic E-state index is 6.02. The maximum atomic E-state index is 6.02. The maximum Gasteiger partial charge on any atom is 0.187 e. The molecule has 1 aromatic heterocycles. The summed E-state index contributed by atoms with van der Waals surface area (Å²) in [5.74, 6) is 0. The molecule has 0 atom stereocenters. The molecular weight excluding hydrogens is 438 g/mol. The molecule has 5 nitrogen and oxygen atoms in total. The molecule has 0 bridgehead atoms. The summed E-state index contributed by atoms with van der Waals surface area (Å²) in [6.45, 7) is 12.5. The fraction of sp³-hybridized carbons (Fsp3) is 0.107. The molecule has 3 aromatic rings. The normalized spacial score (nSPS) is 13.6. The zero-order valence-corrected chi connectivity index (χ0v) is 20.3. The van der Waals surface area contributed by atoms with Crippen LogP contribution in [0.15, 0.2) is 104 Å². The molecule has 6 heteroatoms. The van der Waals surface area contributed by atoms with Gasteiger partial charge in [0.1, 0.15) is 0 Å². The lowest BCUT2D eigenvalue weighted by atomic mass is 10.1. The Labute approximate surface area is 205 Å². The fourth-order valence-electron chi connectivity index (χ4n) is 3.58. The first-order valence-electron chi connectivity index (χ1n) is 11.2. The predicted molar refractivity (Wildman–Crippen MR) is 147 cm³/mol. The van der Waals surface area contributed by atoms with E-state index in [0.29, 0.717) is 5.69 Å². The summed E-state index contributed by atoms with van der Waals surface area (Å²) in [6.07, 6.45) is 11.3. The molecule has 2 heterocycles. The topological polar surface area (TPSA) is 66.2 Å². The van der Waals surface area contributed by atoms with Gasteiger partial charge in [0.2, 0.25) is 0 Å². The van der Waals surface area contributed by atoms with Gasteiger partial charge in [-0.25, -0.2) is 4.98 Å². The van der Waals surface area contributed by atoms with E-state index < -0.39 is 0 Å². The number of nitrogen functional groups attached to an aromatic ring is 1. The third-order valence-corrected chi connectivity index (χ3v) is 6.46. The number of anilines is 4. The van der Waals surface area contributed by atoms with Crippen molar-refractivity contribution in [3.63, 3.8) is 0 Å². The van der Waals surface area contributed by atoms with Crippen LogP contribution in [0.25, 0.3) is 11.4 Å². The van der Waals surface area contributed by atoms with Gasteiger partial charge in [0.15, 0.2) is 5.13 Å². The van der Waals surface area contributed by atoms with Crippen LogP contribution in [0.3, 0.4) is 0 Å². The molecule has 0 amide bonds. The first-order valence-corrected chi connectivity index (χ1v) is 12.0. The van der Waals surface area contributed by atoms with Crippen LogP contribution in [0.4, 0.5) is 22.2 Å². The Bertz CT molecular complexity index is 1290. The number of rotatable bonds is 8. The largest absolute Gasteiger partial charge is 0.397 e. The number of nitrogens with one attached hydrogen (secondary N) is 2. The number of hydrogen-bond acceptors (Lipinski definition) is 6. The number of thiazole rings is 1. The summed E-state index contributed by atoms with van der Waals surface area (Å²) < 4.78 is 0. The number of benzene rings is 2. The number of allylic oxidation sites excluding steroid dienone is 4. The van der Waals surface area contributed by atoms with Gasteiger partial charge >= 0.3 is 0 Å². The monoisotopic (exact) mass is 467 g/mol. The van der Waals surface area contributed by atoms with E-state index in [1.807, 2.05) is 61.7 Å². The number of para-hydroxylation sites is 2. The van der Waals surface area contributed by atoms with Crippen LogP contribution in [0.1, 0.15) is 30.7 Å². The Kier molecular flexibility index (Phi) is 6.99. The van der Waals surface area contributed by atoms with Crippen LogP contribution in [0.2, 0.25) is 0 Å². The summed E-state index contributed by atoms with van der Waals surface area (Å²) in [5, 5.41) is 7.51. The molecule has 0 spiro atoms. The molecule has 0 unspecified atom stereocenters. The number of nitrogens with two attached hydrogens (primary N) is 1. The molecule has 0 saturated carbocycles. The van der Waals surface area contributed by atoms with Gasteiger partial charge in [0.25, 0.3) is 0 Å². The van der Waals surface area contributed by atoms with E-state index in [2.05, 4.69) is 65.0 Å². The van der Waals surface area contributed by atoms with Crippen LogP contribution in [-0.4, -0.2) is 9.88 Å². The lowest BCUT2D eigenvalue weighted by Crippen LogP contribution is -2.15. The lowest BCUT2D eigenvalue weighted by Gasteiger charge is -2.26. The lowest BCUT2D eigenvalue weighted by molar-refractivity contribution is 0.667. The van der Waals surface area contributed by atoms with E-state index in [0.717, 1.165) is 50.5 Å². The minimum atomic E-state index is 0.688. The predicted octanol–water partition coefficient (Wildman–Crippen LogP) is 7.59. The van der Waals surface area contributed by atoms with Gasteiger partial charge in [0.05, 0.1) is 21.9 Å². The number of hydrogen-bond donors (Lipinski definition) is 3. The molecule has 4 rings (SSSR count). The summed E-state index contributed by atoms with van der Waals surface area (Å²) in [4.78, 5) is 7.79. The Hall–Kier alpha value is -4.03. The van der Waals surface area contributed by atoms with Crippen LogP contribution < -0.4 is 16.4 Å². The van der Waals surface area contributed by atoms with Crippen LogP contribution in [-0.2, 0) is 0 Å². The average Bonchev–Trinajstić information content (AvgIpc) is 3.30. The van der Waals surface area contributed by atoms with E-state index in [-0.39, 0.29) is 0 Å². The van der Waals surface area contributed by atoms with Gasteiger partial charge in [0, 0.05) is 29.5 Å². The summed E-state index contributed by atoms with van der Waals surface area (Å²) in [5.41, 5.74) is 13.6. The Balaban J connectivity index is 1.44. The highest BCUT2D eigenvalue weighted by Crippen LogP contribution is 2.34. The van der Waals surface area contributed by atoms with E-state index in [1.165, 1.54) is 5.57 Å². The minimum Gasteiger partial charge on any atom is -0.397 e. The summed E-state index contributed by atoms with van der Waals surface area (Å²) in [7, 11) is 0. The molecule has 0 fully saturated rings. The quantitative estimate of drug-likeness (QED) is 0.298. The van der Waals surface area contributed by atoms with Crippen molar-refractivity contribution in [3.8, 4) is 0 Å². The van der Waals surface area contributed by atoms with Crippen LogP contribution in [0, 0.1) is 0 Å². The molecule has 4 N–H and O–H groups in total.